The third-order valence-electron chi connectivity index (χ3n) is 3.77. The number of carbonyl (C=O) groups is 1. The van der Waals surface area contributed by atoms with Gasteiger partial charge in [0.2, 0.25) is 5.91 Å². The van der Waals surface area contributed by atoms with E-state index in [-0.39, 0.29) is 5.91 Å². The van der Waals surface area contributed by atoms with Crippen LogP contribution >= 0.6 is 0 Å². The molecule has 4 heteroatoms. The second-order valence-electron chi connectivity index (χ2n) is 5.66. The third-order valence-corrected chi connectivity index (χ3v) is 3.77. The van der Waals surface area contributed by atoms with Gasteiger partial charge in [-0.3, -0.25) is 4.79 Å². The lowest BCUT2D eigenvalue weighted by Gasteiger charge is -2.07. The van der Waals surface area contributed by atoms with Gasteiger partial charge in [0.1, 0.15) is 5.75 Å². The summed E-state index contributed by atoms with van der Waals surface area (Å²) >= 11 is 0. The standard InChI is InChI=1S/C18H26N2O2/c1-3-4-5-6-11-22-16-7-8-18-17(12-16)15(13-20-18)9-10-19-14(2)21/h7-8,12-13,20H,3-6,9-11H2,1-2H3,(H,19,21). The maximum Gasteiger partial charge on any atom is 0.216 e. The second kappa shape index (κ2) is 8.47. The summed E-state index contributed by atoms with van der Waals surface area (Å²) in [5.74, 6) is 0.931. The minimum Gasteiger partial charge on any atom is -0.494 e. The Kier molecular flexibility index (Phi) is 6.31. The minimum atomic E-state index is 0.0101. The molecule has 0 radical (unpaired) electrons. The highest BCUT2D eigenvalue weighted by molar-refractivity contribution is 5.84. The van der Waals surface area contributed by atoms with Gasteiger partial charge in [-0.1, -0.05) is 26.2 Å². The molecule has 0 aliphatic rings. The summed E-state index contributed by atoms with van der Waals surface area (Å²) < 4.78 is 5.84. The number of amides is 1. The van der Waals surface area contributed by atoms with Crippen molar-refractivity contribution in [1.82, 2.24) is 10.3 Å². The first-order chi connectivity index (χ1) is 10.7. The normalized spacial score (nSPS) is 10.8. The van der Waals surface area contributed by atoms with E-state index in [0.717, 1.165) is 30.7 Å². The molecule has 22 heavy (non-hydrogen) atoms. The van der Waals surface area contributed by atoms with Crippen LogP contribution in [0.2, 0.25) is 0 Å². The largest absolute Gasteiger partial charge is 0.494 e. The molecule has 0 spiro atoms. The molecule has 0 unspecified atom stereocenters. The number of H-pyrrole nitrogens is 1. The van der Waals surface area contributed by atoms with E-state index in [0.29, 0.717) is 6.54 Å². The van der Waals surface area contributed by atoms with Crippen LogP contribution in [0, 0.1) is 0 Å². The number of ether oxygens (including phenoxy) is 1. The van der Waals surface area contributed by atoms with Crippen molar-refractivity contribution in [3.05, 3.63) is 30.0 Å². The Balaban J connectivity index is 1.94. The van der Waals surface area contributed by atoms with E-state index in [9.17, 15) is 4.79 Å². The van der Waals surface area contributed by atoms with Crippen molar-refractivity contribution in [3.8, 4) is 5.75 Å². The SMILES string of the molecule is CCCCCCOc1ccc2[nH]cc(CCNC(C)=O)c2c1. The lowest BCUT2D eigenvalue weighted by Crippen LogP contribution is -2.22. The van der Waals surface area contributed by atoms with Gasteiger partial charge in [0.25, 0.3) is 0 Å². The fourth-order valence-electron chi connectivity index (χ4n) is 2.55. The van der Waals surface area contributed by atoms with Crippen LogP contribution in [-0.4, -0.2) is 24.0 Å². The van der Waals surface area contributed by atoms with Crippen LogP contribution in [0.15, 0.2) is 24.4 Å². The Morgan fingerprint density at radius 1 is 1.27 bits per heavy atom. The van der Waals surface area contributed by atoms with Crippen molar-refractivity contribution in [2.45, 2.75) is 46.0 Å². The number of unbranched alkanes of at least 4 members (excludes halogenated alkanes) is 3. The van der Waals surface area contributed by atoms with E-state index < -0.39 is 0 Å². The molecule has 120 valence electrons. The topological polar surface area (TPSA) is 54.1 Å². The van der Waals surface area contributed by atoms with Crippen LogP contribution in [-0.2, 0) is 11.2 Å². The summed E-state index contributed by atoms with van der Waals surface area (Å²) in [6, 6.07) is 6.16. The molecule has 0 aliphatic carbocycles. The summed E-state index contributed by atoms with van der Waals surface area (Å²) in [6.07, 6.45) is 7.68. The lowest BCUT2D eigenvalue weighted by atomic mass is 10.1. The number of hydrogen-bond acceptors (Lipinski definition) is 2. The molecule has 0 bridgehead atoms. The van der Waals surface area contributed by atoms with Crippen LogP contribution < -0.4 is 10.1 Å². The molecule has 0 aliphatic heterocycles. The Morgan fingerprint density at radius 3 is 2.91 bits per heavy atom. The van der Waals surface area contributed by atoms with E-state index in [1.807, 2.05) is 12.3 Å². The highest BCUT2D eigenvalue weighted by Gasteiger charge is 2.05. The van der Waals surface area contributed by atoms with Crippen LogP contribution in [0.1, 0.15) is 45.1 Å². The third kappa shape index (κ3) is 4.79. The molecule has 1 heterocycles. The van der Waals surface area contributed by atoms with E-state index in [2.05, 4.69) is 29.4 Å². The number of benzene rings is 1. The van der Waals surface area contributed by atoms with E-state index in [4.69, 9.17) is 4.74 Å². The van der Waals surface area contributed by atoms with Gasteiger partial charge in [-0.2, -0.15) is 0 Å². The molecular weight excluding hydrogens is 276 g/mol. The number of carbonyl (C=O) groups excluding carboxylic acids is 1. The number of rotatable bonds is 9. The van der Waals surface area contributed by atoms with Crippen molar-refractivity contribution in [1.29, 1.82) is 0 Å². The number of aromatic nitrogens is 1. The Bertz CT molecular complexity index is 604. The van der Waals surface area contributed by atoms with Crippen molar-refractivity contribution in [3.63, 3.8) is 0 Å². The molecule has 1 amide bonds. The number of nitrogens with one attached hydrogen (secondary N) is 2. The summed E-state index contributed by atoms with van der Waals surface area (Å²) in [6.45, 7) is 5.18. The van der Waals surface area contributed by atoms with E-state index in [1.54, 1.807) is 6.92 Å². The van der Waals surface area contributed by atoms with Crippen molar-refractivity contribution < 1.29 is 9.53 Å². The van der Waals surface area contributed by atoms with Gasteiger partial charge < -0.3 is 15.0 Å². The zero-order valence-corrected chi connectivity index (χ0v) is 13.6. The Hall–Kier alpha value is -1.97. The molecule has 4 nitrogen and oxygen atoms in total. The summed E-state index contributed by atoms with van der Waals surface area (Å²) in [5.41, 5.74) is 2.32. The average molecular weight is 302 g/mol. The first-order valence-corrected chi connectivity index (χ1v) is 8.18. The molecule has 2 N–H and O–H groups in total. The molecule has 2 aromatic rings. The highest BCUT2D eigenvalue weighted by atomic mass is 16.5. The average Bonchev–Trinajstić information content (AvgIpc) is 2.89. The Labute approximate surface area is 132 Å². The maximum atomic E-state index is 10.9. The van der Waals surface area contributed by atoms with Crippen LogP contribution in [0.3, 0.4) is 0 Å². The first kappa shape index (κ1) is 16.4. The molecule has 1 aromatic heterocycles. The number of hydrogen-bond donors (Lipinski definition) is 2. The zero-order valence-electron chi connectivity index (χ0n) is 13.6. The van der Waals surface area contributed by atoms with Crippen LogP contribution in [0.25, 0.3) is 10.9 Å². The molecule has 1 aromatic carbocycles. The molecule has 0 fully saturated rings. The summed E-state index contributed by atoms with van der Waals surface area (Å²) in [4.78, 5) is 14.2. The van der Waals surface area contributed by atoms with Gasteiger partial charge >= 0.3 is 0 Å². The van der Waals surface area contributed by atoms with Crippen molar-refractivity contribution in [2.24, 2.45) is 0 Å². The fourth-order valence-corrected chi connectivity index (χ4v) is 2.55. The monoisotopic (exact) mass is 302 g/mol. The van der Waals surface area contributed by atoms with Crippen LogP contribution in [0.5, 0.6) is 5.75 Å². The second-order valence-corrected chi connectivity index (χ2v) is 5.66. The minimum absolute atomic E-state index is 0.0101. The van der Waals surface area contributed by atoms with Crippen LogP contribution in [0.4, 0.5) is 0 Å². The van der Waals surface area contributed by atoms with Gasteiger partial charge in [0.15, 0.2) is 0 Å². The van der Waals surface area contributed by atoms with E-state index >= 15 is 0 Å². The first-order valence-electron chi connectivity index (χ1n) is 8.18. The van der Waals surface area contributed by atoms with Gasteiger partial charge in [0.05, 0.1) is 6.61 Å². The maximum absolute atomic E-state index is 10.9. The summed E-state index contributed by atoms with van der Waals surface area (Å²) in [5, 5.41) is 4.01. The van der Waals surface area contributed by atoms with Gasteiger partial charge in [-0.05, 0) is 36.6 Å². The predicted molar refractivity (Wildman–Crippen MR) is 90.3 cm³/mol. The number of fused-ring (bicyclic) bond motifs is 1. The quantitative estimate of drug-likeness (QED) is 0.692. The lowest BCUT2D eigenvalue weighted by molar-refractivity contribution is -0.118. The molecular formula is C18H26N2O2. The zero-order chi connectivity index (χ0) is 15.8. The van der Waals surface area contributed by atoms with Gasteiger partial charge in [0, 0.05) is 30.6 Å². The smallest absolute Gasteiger partial charge is 0.216 e. The van der Waals surface area contributed by atoms with Crippen molar-refractivity contribution >= 4 is 16.8 Å². The van der Waals surface area contributed by atoms with E-state index in [1.165, 1.54) is 30.2 Å². The summed E-state index contributed by atoms with van der Waals surface area (Å²) in [7, 11) is 0. The highest BCUT2D eigenvalue weighted by Crippen LogP contribution is 2.24. The molecule has 0 saturated heterocycles. The molecule has 0 saturated carbocycles. The van der Waals surface area contributed by atoms with Gasteiger partial charge in [-0.25, -0.2) is 0 Å². The predicted octanol–water partition coefficient (Wildman–Crippen LogP) is 3.81. The molecule has 0 atom stereocenters. The Morgan fingerprint density at radius 2 is 2.14 bits per heavy atom. The fraction of sp³-hybridized carbons (Fsp3) is 0.500. The van der Waals surface area contributed by atoms with Gasteiger partial charge in [-0.15, -0.1) is 0 Å². The molecule has 2 rings (SSSR count). The van der Waals surface area contributed by atoms with Crippen molar-refractivity contribution in [2.75, 3.05) is 13.2 Å². The number of aromatic amines is 1.